The molecule has 252 valence electrons. The number of fused-ring (bicyclic) bond motifs is 1. The molecule has 2 aliphatic carbocycles. The van der Waals surface area contributed by atoms with Crippen LogP contribution in [0.2, 0.25) is 5.02 Å². The van der Waals surface area contributed by atoms with Gasteiger partial charge in [0, 0.05) is 42.1 Å². The molecule has 2 heterocycles. The minimum atomic E-state index is -1.03. The molecule has 1 aliphatic heterocycles. The number of hydrogen-bond donors (Lipinski definition) is 1. The summed E-state index contributed by atoms with van der Waals surface area (Å²) in [5.74, 6) is 2.51. The lowest BCUT2D eigenvalue weighted by Crippen LogP contribution is -2.38. The van der Waals surface area contributed by atoms with E-state index in [0.717, 1.165) is 18.9 Å². The number of carboxylic acid groups (broad SMARTS) is 1. The fourth-order valence-corrected chi connectivity index (χ4v) is 6.75. The highest BCUT2D eigenvalue weighted by atomic mass is 35.5. The first-order valence-electron chi connectivity index (χ1n) is 16.2. The lowest BCUT2D eigenvalue weighted by atomic mass is 9.80. The van der Waals surface area contributed by atoms with Gasteiger partial charge in [-0.3, -0.25) is 9.69 Å². The minimum Gasteiger partial charge on any atom is -0.490 e. The van der Waals surface area contributed by atoms with Crippen molar-refractivity contribution in [1.82, 2.24) is 14.5 Å². The highest BCUT2D eigenvalue weighted by Crippen LogP contribution is 2.50. The van der Waals surface area contributed by atoms with Gasteiger partial charge in [0.25, 0.3) is 0 Å². The number of nitriles is 1. The molecule has 7 rings (SSSR count). The Hall–Kier alpha value is -4.71. The monoisotopic (exact) mass is 688 g/mol. The second kappa shape index (κ2) is 13.3. The maximum Gasteiger partial charge on any atom is 0.320 e. The van der Waals surface area contributed by atoms with Gasteiger partial charge in [-0.15, -0.1) is 0 Å². The van der Waals surface area contributed by atoms with Crippen LogP contribution in [0.1, 0.15) is 55.0 Å². The SMILES string of the molecule is N#CCC1(Cn2c(CN3CCC(Oc4ccc(F)c(COc5ccc(Cl)cc5F)c4)CC3)nc3c(F)cc(C4C#CC4C(=O)O)cc32)CC1. The summed E-state index contributed by atoms with van der Waals surface area (Å²) in [4.78, 5) is 18.6. The van der Waals surface area contributed by atoms with E-state index in [1.54, 1.807) is 18.2 Å². The van der Waals surface area contributed by atoms with Gasteiger partial charge in [0.2, 0.25) is 0 Å². The van der Waals surface area contributed by atoms with Gasteiger partial charge in [0.1, 0.15) is 41.5 Å². The molecular formula is C37H32ClF3N4O4. The number of aromatic nitrogens is 2. The molecule has 1 aromatic heterocycles. The van der Waals surface area contributed by atoms with Crippen molar-refractivity contribution in [2.24, 2.45) is 11.3 Å². The largest absolute Gasteiger partial charge is 0.490 e. The summed E-state index contributed by atoms with van der Waals surface area (Å²) in [6.07, 6.45) is 3.44. The number of hydrogen-bond acceptors (Lipinski definition) is 6. The number of imidazole rings is 1. The Balaban J connectivity index is 1.04. The van der Waals surface area contributed by atoms with Crippen LogP contribution in [0.4, 0.5) is 13.2 Å². The first-order chi connectivity index (χ1) is 23.6. The first-order valence-corrected chi connectivity index (χ1v) is 16.5. The van der Waals surface area contributed by atoms with E-state index in [2.05, 4.69) is 22.8 Å². The van der Waals surface area contributed by atoms with E-state index in [4.69, 9.17) is 26.1 Å². The summed E-state index contributed by atoms with van der Waals surface area (Å²) in [7, 11) is 0. The standard InChI is InChI=1S/C37H32ClF3N4O4/c38-24-1-6-33(30(40)18-24)48-20-23-15-26(2-5-29(23)39)49-25-7-13-44(14-8-25)19-34-43-35-31(41)16-22(27-3-4-28(27)36(46)47)17-32(35)45(34)21-37(9-10-37)11-12-42/h1-2,5-6,15-18,25,27-28H,7-11,13-14,19-21H2,(H,46,47). The van der Waals surface area contributed by atoms with Crippen LogP contribution in [0.5, 0.6) is 11.5 Å². The van der Waals surface area contributed by atoms with Gasteiger partial charge in [-0.25, -0.2) is 18.2 Å². The van der Waals surface area contributed by atoms with E-state index in [9.17, 15) is 23.9 Å². The molecule has 1 saturated heterocycles. The van der Waals surface area contributed by atoms with Crippen LogP contribution in [0.25, 0.3) is 11.0 Å². The molecule has 2 fully saturated rings. The summed E-state index contributed by atoms with van der Waals surface area (Å²) in [5, 5.41) is 19.2. The van der Waals surface area contributed by atoms with Crippen LogP contribution in [-0.4, -0.2) is 44.7 Å². The Morgan fingerprint density at radius 1 is 1.06 bits per heavy atom. The van der Waals surface area contributed by atoms with Gasteiger partial charge < -0.3 is 19.1 Å². The molecule has 4 aromatic rings. The maximum absolute atomic E-state index is 15.5. The Labute approximate surface area is 286 Å². The van der Waals surface area contributed by atoms with E-state index >= 15 is 4.39 Å². The number of aliphatic carboxylic acids is 1. The first kappa shape index (κ1) is 32.8. The summed E-state index contributed by atoms with van der Waals surface area (Å²) < 4.78 is 57.9. The third kappa shape index (κ3) is 6.92. The number of ether oxygens (including phenoxy) is 2. The van der Waals surface area contributed by atoms with E-state index in [1.807, 2.05) is 4.57 Å². The van der Waals surface area contributed by atoms with Crippen molar-refractivity contribution in [2.75, 3.05) is 13.1 Å². The second-order valence-electron chi connectivity index (χ2n) is 13.1. The average molecular weight is 689 g/mol. The van der Waals surface area contributed by atoms with Gasteiger partial charge >= 0.3 is 5.97 Å². The Kier molecular flexibility index (Phi) is 8.91. The zero-order valence-corrected chi connectivity index (χ0v) is 27.2. The third-order valence-corrected chi connectivity index (χ3v) is 9.90. The van der Waals surface area contributed by atoms with Crippen molar-refractivity contribution in [3.05, 3.63) is 88.0 Å². The third-order valence-electron chi connectivity index (χ3n) is 9.66. The number of carbonyl (C=O) groups is 1. The van der Waals surface area contributed by atoms with Gasteiger partial charge in [-0.05, 0) is 79.8 Å². The molecular weight excluding hydrogens is 657 g/mol. The molecule has 0 amide bonds. The van der Waals surface area contributed by atoms with Crippen LogP contribution >= 0.6 is 11.6 Å². The number of halogens is 4. The van der Waals surface area contributed by atoms with Crippen LogP contribution in [0.15, 0.2) is 48.5 Å². The molecule has 2 unspecified atom stereocenters. The van der Waals surface area contributed by atoms with Crippen molar-refractivity contribution in [2.45, 2.75) is 63.8 Å². The Bertz CT molecular complexity index is 2040. The zero-order chi connectivity index (χ0) is 34.3. The zero-order valence-electron chi connectivity index (χ0n) is 26.4. The highest BCUT2D eigenvalue weighted by molar-refractivity contribution is 6.30. The summed E-state index contributed by atoms with van der Waals surface area (Å²) in [6, 6.07) is 13.9. The molecule has 2 atom stereocenters. The molecule has 1 N–H and O–H groups in total. The lowest BCUT2D eigenvalue weighted by molar-refractivity contribution is -0.140. The minimum absolute atomic E-state index is 0.0314. The summed E-state index contributed by atoms with van der Waals surface area (Å²) in [6.45, 7) is 2.15. The van der Waals surface area contributed by atoms with Crippen LogP contribution < -0.4 is 9.47 Å². The predicted molar refractivity (Wildman–Crippen MR) is 174 cm³/mol. The quantitative estimate of drug-likeness (QED) is 0.157. The van der Waals surface area contributed by atoms with Crippen LogP contribution in [0, 0.1) is 52.0 Å². The van der Waals surface area contributed by atoms with Gasteiger partial charge in [0.05, 0.1) is 24.0 Å². The van der Waals surface area contributed by atoms with E-state index in [1.165, 1.54) is 24.3 Å². The number of rotatable bonds is 12. The van der Waals surface area contributed by atoms with Crippen molar-refractivity contribution < 1.29 is 32.5 Å². The molecule has 12 heteroatoms. The van der Waals surface area contributed by atoms with Crippen molar-refractivity contribution in [1.29, 1.82) is 5.26 Å². The van der Waals surface area contributed by atoms with E-state index < -0.39 is 35.3 Å². The van der Waals surface area contributed by atoms with Crippen molar-refractivity contribution >= 4 is 28.6 Å². The average Bonchev–Trinajstić information content (AvgIpc) is 3.72. The molecule has 49 heavy (non-hydrogen) atoms. The van der Waals surface area contributed by atoms with Crippen LogP contribution in [-0.2, 0) is 24.5 Å². The van der Waals surface area contributed by atoms with Gasteiger partial charge in [-0.2, -0.15) is 5.26 Å². The topological polar surface area (TPSA) is 101 Å². The smallest absolute Gasteiger partial charge is 0.320 e. The van der Waals surface area contributed by atoms with Crippen molar-refractivity contribution in [3.63, 3.8) is 0 Å². The second-order valence-corrected chi connectivity index (χ2v) is 13.5. The Morgan fingerprint density at radius 3 is 2.53 bits per heavy atom. The predicted octanol–water partition coefficient (Wildman–Crippen LogP) is 7.22. The maximum atomic E-state index is 15.5. The van der Waals surface area contributed by atoms with E-state index in [0.29, 0.717) is 68.1 Å². The molecule has 3 aliphatic rings. The highest BCUT2D eigenvalue weighted by Gasteiger charge is 2.44. The fraction of sp³-hybridized carbons (Fsp3) is 0.378. The summed E-state index contributed by atoms with van der Waals surface area (Å²) >= 11 is 5.80. The number of piperidine rings is 1. The molecule has 0 bridgehead atoms. The van der Waals surface area contributed by atoms with Crippen LogP contribution in [0.3, 0.4) is 0 Å². The Morgan fingerprint density at radius 2 is 1.86 bits per heavy atom. The van der Waals surface area contributed by atoms with Gasteiger partial charge in [0.15, 0.2) is 17.4 Å². The number of likely N-dealkylation sites (tertiary alicyclic amines) is 1. The number of benzene rings is 3. The molecule has 1 saturated carbocycles. The number of carboxylic acids is 1. The molecule has 0 spiro atoms. The lowest BCUT2D eigenvalue weighted by Gasteiger charge is -2.32. The summed E-state index contributed by atoms with van der Waals surface area (Å²) in [5.41, 5.74) is 1.36. The van der Waals surface area contributed by atoms with E-state index in [-0.39, 0.29) is 40.0 Å². The molecule has 8 nitrogen and oxygen atoms in total. The molecule has 3 aromatic carbocycles. The molecule has 0 radical (unpaired) electrons. The normalized spacial score (nSPS) is 19.8. The fourth-order valence-electron chi connectivity index (χ4n) is 6.59. The number of nitrogens with zero attached hydrogens (tertiary/aromatic N) is 4. The van der Waals surface area contributed by atoms with Crippen molar-refractivity contribution in [3.8, 4) is 29.4 Å². The van der Waals surface area contributed by atoms with Gasteiger partial charge in [-0.1, -0.05) is 23.4 Å².